The van der Waals surface area contributed by atoms with Crippen molar-refractivity contribution in [1.29, 1.82) is 0 Å². The normalized spacial score (nSPS) is 10.9. The van der Waals surface area contributed by atoms with E-state index >= 15 is 0 Å². The Morgan fingerprint density at radius 3 is 2.67 bits per heavy atom. The highest BCUT2D eigenvalue weighted by molar-refractivity contribution is 5.86. The fourth-order valence-corrected chi connectivity index (χ4v) is 1.77. The molecule has 1 aromatic carbocycles. The average molecular weight is 201 g/mol. The molecule has 0 N–H and O–H groups in total. The summed E-state index contributed by atoms with van der Waals surface area (Å²) in [6.07, 6.45) is 1.86. The number of fused-ring (bicyclic) bond motifs is 1. The van der Waals surface area contributed by atoms with E-state index in [-0.39, 0.29) is 0 Å². The molecule has 2 nitrogen and oxygen atoms in total. The Balaban J connectivity index is 2.67. The van der Waals surface area contributed by atoms with Crippen LogP contribution in [0.1, 0.15) is 25.5 Å². The van der Waals surface area contributed by atoms with Crippen LogP contribution in [0.25, 0.3) is 10.8 Å². The standard InChI is InChI=1S/C13H15NO/c1-9(2)13-12-5-4-11(15-3)8-10(12)6-7-14-13/h4-9H,1-3H3. The molecule has 0 aliphatic carbocycles. The zero-order valence-corrected chi connectivity index (χ0v) is 9.32. The molecule has 0 bridgehead atoms. The van der Waals surface area contributed by atoms with E-state index in [1.54, 1.807) is 7.11 Å². The van der Waals surface area contributed by atoms with Gasteiger partial charge in [-0.1, -0.05) is 13.8 Å². The van der Waals surface area contributed by atoms with Crippen LogP contribution in [0.15, 0.2) is 30.5 Å². The molecule has 0 fully saturated rings. The molecule has 2 rings (SSSR count). The van der Waals surface area contributed by atoms with Gasteiger partial charge in [-0.3, -0.25) is 4.98 Å². The number of pyridine rings is 1. The first-order valence-corrected chi connectivity index (χ1v) is 5.15. The van der Waals surface area contributed by atoms with Crippen molar-refractivity contribution < 1.29 is 4.74 Å². The first-order chi connectivity index (χ1) is 7.22. The Hall–Kier alpha value is -1.57. The van der Waals surface area contributed by atoms with Gasteiger partial charge in [-0.2, -0.15) is 0 Å². The summed E-state index contributed by atoms with van der Waals surface area (Å²) in [6.45, 7) is 4.32. The van der Waals surface area contributed by atoms with Gasteiger partial charge >= 0.3 is 0 Å². The highest BCUT2D eigenvalue weighted by atomic mass is 16.5. The number of hydrogen-bond acceptors (Lipinski definition) is 2. The van der Waals surface area contributed by atoms with E-state index in [9.17, 15) is 0 Å². The summed E-state index contributed by atoms with van der Waals surface area (Å²) in [5.41, 5.74) is 1.15. The third kappa shape index (κ3) is 1.80. The van der Waals surface area contributed by atoms with Gasteiger partial charge in [-0.15, -0.1) is 0 Å². The molecule has 0 aliphatic rings. The maximum atomic E-state index is 5.20. The van der Waals surface area contributed by atoms with Gasteiger partial charge in [0.25, 0.3) is 0 Å². The fraction of sp³-hybridized carbons (Fsp3) is 0.308. The number of aromatic nitrogens is 1. The summed E-state index contributed by atoms with van der Waals surface area (Å²) in [5, 5.41) is 2.40. The molecule has 0 saturated carbocycles. The number of benzene rings is 1. The molecule has 78 valence electrons. The number of hydrogen-bond donors (Lipinski definition) is 0. The molecule has 15 heavy (non-hydrogen) atoms. The summed E-state index contributed by atoms with van der Waals surface area (Å²) < 4.78 is 5.20. The Morgan fingerprint density at radius 2 is 2.00 bits per heavy atom. The molecule has 0 atom stereocenters. The van der Waals surface area contributed by atoms with E-state index in [4.69, 9.17) is 4.74 Å². The van der Waals surface area contributed by atoms with Crippen molar-refractivity contribution in [2.24, 2.45) is 0 Å². The second-order valence-corrected chi connectivity index (χ2v) is 3.94. The van der Waals surface area contributed by atoms with Crippen LogP contribution in [0.3, 0.4) is 0 Å². The van der Waals surface area contributed by atoms with Gasteiger partial charge in [-0.25, -0.2) is 0 Å². The van der Waals surface area contributed by atoms with E-state index in [0.29, 0.717) is 5.92 Å². The average Bonchev–Trinajstić information content (AvgIpc) is 2.27. The minimum Gasteiger partial charge on any atom is -0.497 e. The predicted octanol–water partition coefficient (Wildman–Crippen LogP) is 3.37. The van der Waals surface area contributed by atoms with Crippen molar-refractivity contribution in [1.82, 2.24) is 4.98 Å². The van der Waals surface area contributed by atoms with Gasteiger partial charge in [-0.05, 0) is 35.6 Å². The monoisotopic (exact) mass is 201 g/mol. The van der Waals surface area contributed by atoms with Crippen molar-refractivity contribution in [2.45, 2.75) is 19.8 Å². The highest BCUT2D eigenvalue weighted by Gasteiger charge is 2.06. The smallest absolute Gasteiger partial charge is 0.119 e. The molecule has 0 radical (unpaired) electrons. The highest BCUT2D eigenvalue weighted by Crippen LogP contribution is 2.26. The number of methoxy groups -OCH3 is 1. The third-order valence-electron chi connectivity index (χ3n) is 2.55. The molecule has 1 aromatic heterocycles. The predicted molar refractivity (Wildman–Crippen MR) is 62.4 cm³/mol. The van der Waals surface area contributed by atoms with Gasteiger partial charge in [0, 0.05) is 11.6 Å². The Labute approximate surface area is 89.9 Å². The molecule has 0 amide bonds. The second kappa shape index (κ2) is 3.89. The van der Waals surface area contributed by atoms with Crippen molar-refractivity contribution in [3.8, 4) is 5.75 Å². The van der Waals surface area contributed by atoms with Crippen LogP contribution in [0.2, 0.25) is 0 Å². The molecule has 2 aromatic rings. The van der Waals surface area contributed by atoms with Crippen LogP contribution in [-0.2, 0) is 0 Å². The van der Waals surface area contributed by atoms with Crippen LogP contribution in [-0.4, -0.2) is 12.1 Å². The van der Waals surface area contributed by atoms with E-state index in [2.05, 4.69) is 24.9 Å². The molecular weight excluding hydrogens is 186 g/mol. The number of ether oxygens (including phenoxy) is 1. The van der Waals surface area contributed by atoms with Crippen LogP contribution in [0.4, 0.5) is 0 Å². The lowest BCUT2D eigenvalue weighted by Gasteiger charge is -2.09. The molecular formula is C13H15NO. The van der Waals surface area contributed by atoms with E-state index < -0.39 is 0 Å². The molecule has 0 saturated heterocycles. The van der Waals surface area contributed by atoms with Gasteiger partial charge < -0.3 is 4.74 Å². The summed E-state index contributed by atoms with van der Waals surface area (Å²) in [4.78, 5) is 4.42. The first kappa shape index (κ1) is 9.97. The second-order valence-electron chi connectivity index (χ2n) is 3.94. The molecule has 2 heteroatoms. The molecule has 0 spiro atoms. The first-order valence-electron chi connectivity index (χ1n) is 5.15. The van der Waals surface area contributed by atoms with Crippen LogP contribution < -0.4 is 4.74 Å². The molecule has 1 heterocycles. The van der Waals surface area contributed by atoms with E-state index in [1.165, 1.54) is 10.8 Å². The maximum absolute atomic E-state index is 5.20. The van der Waals surface area contributed by atoms with Crippen molar-refractivity contribution in [3.05, 3.63) is 36.2 Å². The van der Waals surface area contributed by atoms with Gasteiger partial charge in [0.15, 0.2) is 0 Å². The molecule has 0 aliphatic heterocycles. The Bertz CT molecular complexity index is 477. The zero-order chi connectivity index (χ0) is 10.8. The van der Waals surface area contributed by atoms with Crippen molar-refractivity contribution in [3.63, 3.8) is 0 Å². The van der Waals surface area contributed by atoms with E-state index in [0.717, 1.165) is 11.4 Å². The summed E-state index contributed by atoms with van der Waals surface area (Å²) in [7, 11) is 1.69. The lowest BCUT2D eigenvalue weighted by molar-refractivity contribution is 0.415. The Morgan fingerprint density at radius 1 is 1.20 bits per heavy atom. The quantitative estimate of drug-likeness (QED) is 0.743. The van der Waals surface area contributed by atoms with Crippen LogP contribution in [0, 0.1) is 0 Å². The van der Waals surface area contributed by atoms with Crippen molar-refractivity contribution >= 4 is 10.8 Å². The summed E-state index contributed by atoms with van der Waals surface area (Å²) in [6, 6.07) is 8.12. The zero-order valence-electron chi connectivity index (χ0n) is 9.32. The van der Waals surface area contributed by atoms with Gasteiger partial charge in [0.05, 0.1) is 12.8 Å². The van der Waals surface area contributed by atoms with Crippen molar-refractivity contribution in [2.75, 3.05) is 7.11 Å². The topological polar surface area (TPSA) is 22.1 Å². The largest absolute Gasteiger partial charge is 0.497 e. The summed E-state index contributed by atoms with van der Waals surface area (Å²) >= 11 is 0. The maximum Gasteiger partial charge on any atom is 0.119 e. The number of rotatable bonds is 2. The van der Waals surface area contributed by atoms with Crippen LogP contribution >= 0.6 is 0 Å². The van der Waals surface area contributed by atoms with Crippen LogP contribution in [0.5, 0.6) is 5.75 Å². The molecule has 0 unspecified atom stereocenters. The minimum atomic E-state index is 0.446. The summed E-state index contributed by atoms with van der Waals surface area (Å²) in [5.74, 6) is 1.34. The number of nitrogens with zero attached hydrogens (tertiary/aromatic N) is 1. The third-order valence-corrected chi connectivity index (χ3v) is 2.55. The van der Waals surface area contributed by atoms with Gasteiger partial charge in [0.2, 0.25) is 0 Å². The van der Waals surface area contributed by atoms with Gasteiger partial charge in [0.1, 0.15) is 5.75 Å². The lowest BCUT2D eigenvalue weighted by Crippen LogP contribution is -1.93. The lowest BCUT2D eigenvalue weighted by atomic mass is 10.0. The Kier molecular flexibility index (Phi) is 2.58. The fourth-order valence-electron chi connectivity index (χ4n) is 1.77. The van der Waals surface area contributed by atoms with E-state index in [1.807, 2.05) is 24.4 Å². The minimum absolute atomic E-state index is 0.446. The SMILES string of the molecule is COc1ccc2c(C(C)C)nccc2c1.